The summed E-state index contributed by atoms with van der Waals surface area (Å²) in [5.41, 5.74) is -0.488. The highest BCUT2D eigenvalue weighted by atomic mass is 16.5. The van der Waals surface area contributed by atoms with Gasteiger partial charge < -0.3 is 9.47 Å². The van der Waals surface area contributed by atoms with Crippen LogP contribution < -0.4 is 0 Å². The number of carbonyl (C=O) groups is 2. The van der Waals surface area contributed by atoms with Crippen LogP contribution in [0.1, 0.15) is 107 Å². The molecule has 0 fully saturated rings. The smallest absolute Gasteiger partial charge is 0.305 e. The minimum Gasteiger partial charge on any atom is -0.466 e. The van der Waals surface area contributed by atoms with E-state index >= 15 is 0 Å². The van der Waals surface area contributed by atoms with Crippen LogP contribution in [0.5, 0.6) is 0 Å². The minimum atomic E-state index is -0.488. The molecule has 0 saturated carbocycles. The van der Waals surface area contributed by atoms with Gasteiger partial charge in [0.05, 0.1) is 24.7 Å². The zero-order valence-corrected chi connectivity index (χ0v) is 20.8. The first-order chi connectivity index (χ1) is 14.3. The zero-order chi connectivity index (χ0) is 23.8. The van der Waals surface area contributed by atoms with Gasteiger partial charge in [0.1, 0.15) is 0 Å². The topological polar surface area (TPSA) is 88.8 Å². The van der Waals surface area contributed by atoms with Gasteiger partial charge in [-0.15, -0.1) is 0 Å². The standard InChI is InChI=1S/C20H34N2O4.2C2H6/c1-5-22-17(2)10-11-18(23)25-14-8-6-7-9-15-26-19(24)12-13-20(3,4)16-21;2*1-2/h5,17H,6-15H2,1-4H3;2*1-2H3. The van der Waals surface area contributed by atoms with Crippen molar-refractivity contribution in [1.82, 2.24) is 0 Å². The van der Waals surface area contributed by atoms with Crippen molar-refractivity contribution in [3.8, 4) is 6.07 Å². The van der Waals surface area contributed by atoms with Gasteiger partial charge in [-0.1, -0.05) is 27.7 Å². The van der Waals surface area contributed by atoms with Gasteiger partial charge in [0.25, 0.3) is 0 Å². The molecule has 30 heavy (non-hydrogen) atoms. The van der Waals surface area contributed by atoms with Gasteiger partial charge in [-0.2, -0.15) is 5.26 Å². The normalized spacial score (nSPS) is 11.3. The van der Waals surface area contributed by atoms with E-state index in [1.54, 1.807) is 6.21 Å². The molecule has 0 N–H and O–H groups in total. The summed E-state index contributed by atoms with van der Waals surface area (Å²) in [6, 6.07) is 2.32. The van der Waals surface area contributed by atoms with Gasteiger partial charge in [0.2, 0.25) is 0 Å². The van der Waals surface area contributed by atoms with E-state index in [1.807, 2.05) is 55.4 Å². The van der Waals surface area contributed by atoms with Crippen LogP contribution in [0.15, 0.2) is 4.99 Å². The summed E-state index contributed by atoms with van der Waals surface area (Å²) in [5.74, 6) is -0.415. The summed E-state index contributed by atoms with van der Waals surface area (Å²) in [6.45, 7) is 16.3. The second-order valence-electron chi connectivity index (χ2n) is 7.15. The molecule has 0 aliphatic heterocycles. The number of hydrogen-bond donors (Lipinski definition) is 0. The first kappa shape index (κ1) is 32.8. The molecule has 176 valence electrons. The van der Waals surface area contributed by atoms with Crippen molar-refractivity contribution >= 4 is 18.2 Å². The third-order valence-electron chi connectivity index (χ3n) is 3.99. The number of unbranched alkanes of at least 4 members (excludes halogenated alkanes) is 3. The molecule has 0 saturated heterocycles. The third kappa shape index (κ3) is 24.1. The number of aliphatic imine (C=N–C) groups is 1. The average Bonchev–Trinajstić information content (AvgIpc) is 2.75. The van der Waals surface area contributed by atoms with E-state index in [0.29, 0.717) is 32.5 Å². The van der Waals surface area contributed by atoms with Crippen LogP contribution in [-0.2, 0) is 19.1 Å². The SMILES string of the molecule is CC.CC.CC=NC(C)CCC(=O)OCCCCCCOC(=O)CCC(C)(C)C#N. The molecule has 1 atom stereocenters. The van der Waals surface area contributed by atoms with Crippen molar-refractivity contribution in [3.63, 3.8) is 0 Å². The van der Waals surface area contributed by atoms with Crippen molar-refractivity contribution in [2.45, 2.75) is 113 Å². The van der Waals surface area contributed by atoms with E-state index in [-0.39, 0.29) is 24.4 Å². The second-order valence-corrected chi connectivity index (χ2v) is 7.15. The lowest BCUT2D eigenvalue weighted by Gasteiger charge is -2.13. The molecule has 1 unspecified atom stereocenters. The molecule has 0 aliphatic rings. The van der Waals surface area contributed by atoms with Crippen LogP contribution in [0.3, 0.4) is 0 Å². The average molecular weight is 427 g/mol. The summed E-state index contributed by atoms with van der Waals surface area (Å²) in [7, 11) is 0. The van der Waals surface area contributed by atoms with Crippen LogP contribution in [0.25, 0.3) is 0 Å². The van der Waals surface area contributed by atoms with E-state index in [2.05, 4.69) is 11.1 Å². The quantitative estimate of drug-likeness (QED) is 0.185. The van der Waals surface area contributed by atoms with Crippen molar-refractivity contribution in [1.29, 1.82) is 5.26 Å². The van der Waals surface area contributed by atoms with Crippen molar-refractivity contribution in [3.05, 3.63) is 0 Å². The molecule has 0 heterocycles. The lowest BCUT2D eigenvalue weighted by Crippen LogP contribution is -2.13. The predicted molar refractivity (Wildman–Crippen MR) is 125 cm³/mol. The van der Waals surface area contributed by atoms with Gasteiger partial charge >= 0.3 is 11.9 Å². The molecule has 0 rings (SSSR count). The second kappa shape index (κ2) is 23.4. The number of nitrogens with zero attached hydrogens (tertiary/aromatic N) is 2. The Bertz CT molecular complexity index is 482. The fraction of sp³-hybridized carbons (Fsp3) is 0.833. The van der Waals surface area contributed by atoms with Crippen LogP contribution in [0, 0.1) is 16.7 Å². The summed E-state index contributed by atoms with van der Waals surface area (Å²) in [6.07, 6.45) is 7.12. The largest absolute Gasteiger partial charge is 0.466 e. The van der Waals surface area contributed by atoms with Crippen LogP contribution >= 0.6 is 0 Å². The molecule has 0 radical (unpaired) electrons. The van der Waals surface area contributed by atoms with Gasteiger partial charge in [0.15, 0.2) is 0 Å². The zero-order valence-electron chi connectivity index (χ0n) is 20.8. The maximum atomic E-state index is 11.6. The van der Waals surface area contributed by atoms with Gasteiger partial charge in [0, 0.05) is 18.9 Å². The van der Waals surface area contributed by atoms with Crippen molar-refractivity contribution in [2.75, 3.05) is 13.2 Å². The Hall–Kier alpha value is -1.90. The molecule has 6 nitrogen and oxygen atoms in total. The summed E-state index contributed by atoms with van der Waals surface area (Å²) in [5, 5.41) is 8.90. The maximum Gasteiger partial charge on any atom is 0.305 e. The number of nitriles is 1. The number of ether oxygens (including phenoxy) is 2. The van der Waals surface area contributed by atoms with Gasteiger partial charge in [-0.3, -0.25) is 14.6 Å². The van der Waals surface area contributed by atoms with E-state index in [1.165, 1.54) is 0 Å². The molecule has 6 heteroatoms. The highest BCUT2D eigenvalue weighted by Gasteiger charge is 2.18. The van der Waals surface area contributed by atoms with Gasteiger partial charge in [-0.05, 0) is 72.4 Å². The number of hydrogen-bond acceptors (Lipinski definition) is 6. The van der Waals surface area contributed by atoms with E-state index in [9.17, 15) is 9.59 Å². The number of carbonyl (C=O) groups excluding carboxylic acids is 2. The molecule has 0 aromatic carbocycles. The summed E-state index contributed by atoms with van der Waals surface area (Å²) in [4.78, 5) is 27.3. The van der Waals surface area contributed by atoms with Crippen LogP contribution in [0.4, 0.5) is 0 Å². The van der Waals surface area contributed by atoms with E-state index in [0.717, 1.165) is 25.7 Å². The fourth-order valence-corrected chi connectivity index (χ4v) is 2.20. The molecule has 0 spiro atoms. The lowest BCUT2D eigenvalue weighted by atomic mass is 9.90. The molecule has 0 aliphatic carbocycles. The predicted octanol–water partition coefficient (Wildman–Crippen LogP) is 6.27. The number of esters is 2. The van der Waals surface area contributed by atoms with E-state index in [4.69, 9.17) is 14.7 Å². The van der Waals surface area contributed by atoms with E-state index < -0.39 is 5.41 Å². The molecule has 0 amide bonds. The Labute approximate surface area is 185 Å². The summed E-state index contributed by atoms with van der Waals surface area (Å²) >= 11 is 0. The molecule has 0 aromatic heterocycles. The molecular formula is C24H46N2O4. The van der Waals surface area contributed by atoms with Crippen LogP contribution in [-0.4, -0.2) is 37.4 Å². The van der Waals surface area contributed by atoms with Crippen molar-refractivity contribution < 1.29 is 19.1 Å². The monoisotopic (exact) mass is 426 g/mol. The Kier molecular flexibility index (Phi) is 25.5. The van der Waals surface area contributed by atoms with Crippen LogP contribution in [0.2, 0.25) is 0 Å². The minimum absolute atomic E-state index is 0.154. The maximum absolute atomic E-state index is 11.6. The molecular weight excluding hydrogens is 380 g/mol. The highest BCUT2D eigenvalue weighted by molar-refractivity contribution is 5.69. The summed E-state index contributed by atoms with van der Waals surface area (Å²) < 4.78 is 10.3. The number of rotatable bonds is 14. The first-order valence-electron chi connectivity index (χ1n) is 11.5. The Morgan fingerprint density at radius 3 is 1.87 bits per heavy atom. The molecule has 0 aromatic rings. The van der Waals surface area contributed by atoms with Crippen molar-refractivity contribution in [2.24, 2.45) is 10.4 Å². The Balaban J connectivity index is -0.00000171. The first-order valence-corrected chi connectivity index (χ1v) is 11.5. The highest BCUT2D eigenvalue weighted by Crippen LogP contribution is 2.20. The Morgan fingerprint density at radius 2 is 1.43 bits per heavy atom. The van der Waals surface area contributed by atoms with Gasteiger partial charge in [-0.25, -0.2) is 0 Å². The lowest BCUT2D eigenvalue weighted by molar-refractivity contribution is -0.145. The molecule has 0 bridgehead atoms. The fourth-order valence-electron chi connectivity index (χ4n) is 2.20. The third-order valence-corrected chi connectivity index (χ3v) is 3.99. The Morgan fingerprint density at radius 1 is 0.967 bits per heavy atom.